The molecule has 2 aromatic carbocycles. The lowest BCUT2D eigenvalue weighted by molar-refractivity contribution is -0.137. The predicted octanol–water partition coefficient (Wildman–Crippen LogP) is 7.46. The quantitative estimate of drug-likeness (QED) is 0.260. The van der Waals surface area contributed by atoms with Crippen molar-refractivity contribution in [3.05, 3.63) is 94.9 Å². The minimum absolute atomic E-state index is 0.153. The molecule has 0 radical (unpaired) electrons. The zero-order valence-corrected chi connectivity index (χ0v) is 21.7. The third-order valence-corrected chi connectivity index (χ3v) is 7.46. The van der Waals surface area contributed by atoms with Gasteiger partial charge in [0.2, 0.25) is 0 Å². The number of alkyl halides is 3. The molecule has 204 valence electrons. The number of nitrogens with zero attached hydrogens (tertiary/aromatic N) is 3. The van der Waals surface area contributed by atoms with Crippen LogP contribution in [-0.2, 0) is 6.18 Å². The van der Waals surface area contributed by atoms with E-state index in [2.05, 4.69) is 46.2 Å². The molecular formula is C31H26F3N3O3. The first kappa shape index (κ1) is 25.9. The highest BCUT2D eigenvalue weighted by atomic mass is 19.4. The number of hydrogen-bond donors (Lipinski definition) is 1. The molecule has 9 heteroatoms. The Morgan fingerprint density at radius 1 is 1.07 bits per heavy atom. The second-order valence-electron chi connectivity index (χ2n) is 10.4. The normalized spacial score (nSPS) is 15.9. The maximum absolute atomic E-state index is 13.3. The smallest absolute Gasteiger partial charge is 0.416 e. The second-order valence-corrected chi connectivity index (χ2v) is 10.4. The summed E-state index contributed by atoms with van der Waals surface area (Å²) in [6, 6.07) is 14.4. The Kier molecular flexibility index (Phi) is 6.44. The third-order valence-electron chi connectivity index (χ3n) is 7.46. The lowest BCUT2D eigenvalue weighted by Gasteiger charge is -2.38. The number of pyridine rings is 1. The van der Waals surface area contributed by atoms with E-state index >= 15 is 0 Å². The van der Waals surface area contributed by atoms with Gasteiger partial charge >= 0.3 is 12.1 Å². The van der Waals surface area contributed by atoms with Gasteiger partial charge in [-0.1, -0.05) is 41.6 Å². The van der Waals surface area contributed by atoms with Crippen molar-refractivity contribution in [3.63, 3.8) is 0 Å². The lowest BCUT2D eigenvalue weighted by atomic mass is 9.95. The van der Waals surface area contributed by atoms with Crippen molar-refractivity contribution in [1.29, 1.82) is 0 Å². The van der Waals surface area contributed by atoms with Crippen molar-refractivity contribution in [1.82, 2.24) is 10.1 Å². The molecule has 4 aromatic rings. The molecular weight excluding hydrogens is 519 g/mol. The van der Waals surface area contributed by atoms with E-state index in [4.69, 9.17) is 4.52 Å². The summed E-state index contributed by atoms with van der Waals surface area (Å²) in [4.78, 5) is 17.9. The second kappa shape index (κ2) is 9.97. The topological polar surface area (TPSA) is 79.5 Å². The summed E-state index contributed by atoms with van der Waals surface area (Å²) in [6.07, 6.45) is 3.35. The van der Waals surface area contributed by atoms with Gasteiger partial charge < -0.3 is 14.5 Å². The van der Waals surface area contributed by atoms with Crippen molar-refractivity contribution < 1.29 is 27.6 Å². The number of aromatic carboxylic acids is 1. The van der Waals surface area contributed by atoms with Crippen LogP contribution in [0.25, 0.3) is 28.5 Å². The molecule has 1 N–H and O–H groups in total. The molecule has 6 nitrogen and oxygen atoms in total. The number of hydrogen-bond acceptors (Lipinski definition) is 5. The van der Waals surface area contributed by atoms with E-state index < -0.39 is 23.3 Å². The molecule has 6 rings (SSSR count). The fraction of sp³-hybridized carbons (Fsp3) is 0.258. The molecule has 1 saturated heterocycles. The van der Waals surface area contributed by atoms with Crippen molar-refractivity contribution >= 4 is 17.9 Å². The Labute approximate surface area is 228 Å². The van der Waals surface area contributed by atoms with E-state index in [-0.39, 0.29) is 5.56 Å². The minimum Gasteiger partial charge on any atom is -0.478 e. The van der Waals surface area contributed by atoms with Gasteiger partial charge in [0, 0.05) is 47.8 Å². The van der Waals surface area contributed by atoms with Crippen molar-refractivity contribution in [3.8, 4) is 22.4 Å². The molecule has 1 aliphatic carbocycles. The van der Waals surface area contributed by atoms with E-state index in [1.54, 1.807) is 12.1 Å². The van der Waals surface area contributed by atoms with Gasteiger partial charge in [-0.3, -0.25) is 0 Å². The summed E-state index contributed by atoms with van der Waals surface area (Å²) < 4.78 is 45.7. The molecule has 0 bridgehead atoms. The predicted molar refractivity (Wildman–Crippen MR) is 145 cm³/mol. The van der Waals surface area contributed by atoms with Crippen molar-refractivity contribution in [2.24, 2.45) is 5.92 Å². The number of aromatic nitrogens is 2. The molecule has 2 aromatic heterocycles. The molecule has 0 amide bonds. The van der Waals surface area contributed by atoms with E-state index in [9.17, 15) is 23.1 Å². The highest BCUT2D eigenvalue weighted by molar-refractivity contribution is 5.90. The van der Waals surface area contributed by atoms with Crippen molar-refractivity contribution in [2.45, 2.75) is 31.9 Å². The Morgan fingerprint density at radius 3 is 2.50 bits per heavy atom. The van der Waals surface area contributed by atoms with Gasteiger partial charge in [0.1, 0.15) is 17.3 Å². The van der Waals surface area contributed by atoms with Gasteiger partial charge in [0.25, 0.3) is 0 Å². The molecule has 0 unspecified atom stereocenters. The number of halogens is 3. The number of rotatable bonds is 7. The number of carboxylic acids is 1. The van der Waals surface area contributed by atoms with Gasteiger partial charge in [-0.05, 0) is 61.2 Å². The third kappa shape index (κ3) is 5.11. The maximum atomic E-state index is 13.3. The number of carboxylic acid groups (broad SMARTS) is 1. The summed E-state index contributed by atoms with van der Waals surface area (Å²) in [6.45, 7) is 3.56. The molecule has 2 aliphatic rings. The zero-order chi connectivity index (χ0) is 28.0. The Balaban J connectivity index is 1.16. The largest absolute Gasteiger partial charge is 0.478 e. The van der Waals surface area contributed by atoms with Gasteiger partial charge in [0.05, 0.1) is 11.1 Å². The van der Waals surface area contributed by atoms with Gasteiger partial charge in [0.15, 0.2) is 0 Å². The minimum atomic E-state index is -4.65. The summed E-state index contributed by atoms with van der Waals surface area (Å²) in [5.41, 5.74) is 3.25. The van der Waals surface area contributed by atoms with E-state index in [1.807, 2.05) is 12.1 Å². The Hall–Kier alpha value is -4.40. The first-order chi connectivity index (χ1) is 19.2. The highest BCUT2D eigenvalue weighted by Gasteiger charge is 2.33. The number of benzene rings is 2. The lowest BCUT2D eigenvalue weighted by Crippen LogP contribution is -2.46. The van der Waals surface area contributed by atoms with Crippen LogP contribution in [0.5, 0.6) is 0 Å². The Bertz CT molecular complexity index is 1600. The van der Waals surface area contributed by atoms with E-state index in [0.717, 1.165) is 60.1 Å². The van der Waals surface area contributed by atoms with Crippen molar-refractivity contribution in [2.75, 3.05) is 18.0 Å². The molecule has 0 atom stereocenters. The fourth-order valence-corrected chi connectivity index (χ4v) is 5.02. The van der Waals surface area contributed by atoms with Crippen LogP contribution in [0.4, 0.5) is 19.0 Å². The van der Waals surface area contributed by atoms with Crippen LogP contribution in [0.15, 0.2) is 71.4 Å². The average Bonchev–Trinajstić information content (AvgIpc) is 3.67. The monoisotopic (exact) mass is 545 g/mol. The molecule has 1 aliphatic heterocycles. The van der Waals surface area contributed by atoms with Crippen LogP contribution in [0.2, 0.25) is 0 Å². The fourth-order valence-electron chi connectivity index (χ4n) is 5.02. The highest BCUT2D eigenvalue weighted by Crippen LogP contribution is 2.45. The first-order valence-corrected chi connectivity index (χ1v) is 13.1. The summed E-state index contributed by atoms with van der Waals surface area (Å²) in [7, 11) is 0. The van der Waals surface area contributed by atoms with E-state index in [1.165, 1.54) is 12.3 Å². The molecule has 0 spiro atoms. The molecule has 3 heterocycles. The molecule has 40 heavy (non-hydrogen) atoms. The van der Waals surface area contributed by atoms with Crippen LogP contribution in [0.1, 0.15) is 51.6 Å². The van der Waals surface area contributed by atoms with E-state index in [0.29, 0.717) is 29.3 Å². The average molecular weight is 546 g/mol. The van der Waals surface area contributed by atoms with Crippen LogP contribution < -0.4 is 4.90 Å². The van der Waals surface area contributed by atoms with Crippen LogP contribution >= 0.6 is 0 Å². The number of anilines is 1. The van der Waals surface area contributed by atoms with Crippen LogP contribution in [-0.4, -0.2) is 34.3 Å². The number of aryl methyl sites for hydroxylation is 1. The Morgan fingerprint density at radius 2 is 1.85 bits per heavy atom. The van der Waals surface area contributed by atoms with Crippen LogP contribution in [0, 0.1) is 12.8 Å². The summed E-state index contributed by atoms with van der Waals surface area (Å²) in [5.74, 6) is 0.966. The van der Waals surface area contributed by atoms with Gasteiger partial charge in [-0.25, -0.2) is 9.78 Å². The standard InChI is InChI=1S/C31H26F3N3O3/c1-18-4-2-3-5-25(18)28-26(29(40-36-28)20-7-8-20)10-6-19-16-37(17-19)27-11-9-21(15-35-27)22-12-23(30(38)39)14-24(13-22)31(32,33)34/h2-6,9-15,19-20H,7-8,16-17H2,1H3,(H,38,39)/b10-6+. The first-order valence-electron chi connectivity index (χ1n) is 13.1. The summed E-state index contributed by atoms with van der Waals surface area (Å²) in [5, 5.41) is 13.7. The SMILES string of the molecule is Cc1ccccc1-c1noc(C2CC2)c1/C=C/C1CN(c2ccc(-c3cc(C(=O)O)cc(C(F)(F)F)c3)cn2)C1. The molecule has 2 fully saturated rings. The van der Waals surface area contributed by atoms with Gasteiger partial charge in [-0.2, -0.15) is 13.2 Å². The van der Waals surface area contributed by atoms with Gasteiger partial charge in [-0.15, -0.1) is 0 Å². The number of carbonyl (C=O) groups is 1. The zero-order valence-electron chi connectivity index (χ0n) is 21.7. The van der Waals surface area contributed by atoms with Crippen LogP contribution in [0.3, 0.4) is 0 Å². The molecule has 1 saturated carbocycles. The summed E-state index contributed by atoms with van der Waals surface area (Å²) >= 11 is 0. The maximum Gasteiger partial charge on any atom is 0.416 e.